The van der Waals surface area contributed by atoms with Gasteiger partial charge < -0.3 is 15.2 Å². The Labute approximate surface area is 121 Å². The minimum absolute atomic E-state index is 0.0767. The van der Waals surface area contributed by atoms with E-state index >= 15 is 0 Å². The molecule has 0 aliphatic carbocycles. The summed E-state index contributed by atoms with van der Waals surface area (Å²) in [6.07, 6.45) is 3.05. The second-order valence-electron chi connectivity index (χ2n) is 4.82. The number of unbranched alkanes of at least 4 members (excludes halogenated alkanes) is 2. The highest BCUT2D eigenvalue weighted by Gasteiger charge is 2.12. The average molecular weight is 276 g/mol. The fourth-order valence-corrected chi connectivity index (χ4v) is 1.98. The van der Waals surface area contributed by atoms with Crippen molar-refractivity contribution in [3.8, 4) is 17.6 Å². The van der Waals surface area contributed by atoms with Gasteiger partial charge in [-0.25, -0.2) is 0 Å². The summed E-state index contributed by atoms with van der Waals surface area (Å²) < 4.78 is 11.5. The van der Waals surface area contributed by atoms with Crippen molar-refractivity contribution in [2.75, 3.05) is 13.2 Å². The first-order chi connectivity index (χ1) is 9.69. The van der Waals surface area contributed by atoms with Gasteiger partial charge in [-0.1, -0.05) is 12.1 Å². The second kappa shape index (κ2) is 9.22. The van der Waals surface area contributed by atoms with Crippen LogP contribution in [0.5, 0.6) is 11.5 Å². The molecule has 0 spiro atoms. The summed E-state index contributed by atoms with van der Waals surface area (Å²) in [5.41, 5.74) is 6.95. The quantitative estimate of drug-likeness (QED) is 0.704. The molecule has 1 aromatic carbocycles. The van der Waals surface area contributed by atoms with Crippen LogP contribution < -0.4 is 15.2 Å². The van der Waals surface area contributed by atoms with Crippen LogP contribution in [0.4, 0.5) is 0 Å². The standard InChI is InChI=1S/C16H24N2O2/c1-3-19-15-9-7-8-14(12-13(2)18)16(15)20-11-6-4-5-10-17/h7-9,13H,3-6,11-12,18H2,1-2H3. The Morgan fingerprint density at radius 1 is 1.30 bits per heavy atom. The van der Waals surface area contributed by atoms with Crippen LogP contribution in [0.2, 0.25) is 0 Å². The van der Waals surface area contributed by atoms with Gasteiger partial charge in [0.1, 0.15) is 0 Å². The van der Waals surface area contributed by atoms with Crippen molar-refractivity contribution < 1.29 is 9.47 Å². The summed E-state index contributed by atoms with van der Waals surface area (Å²) in [5.74, 6) is 1.56. The van der Waals surface area contributed by atoms with E-state index in [2.05, 4.69) is 6.07 Å². The zero-order chi connectivity index (χ0) is 14.8. The highest BCUT2D eigenvalue weighted by atomic mass is 16.5. The van der Waals surface area contributed by atoms with E-state index in [0.29, 0.717) is 19.6 Å². The maximum Gasteiger partial charge on any atom is 0.164 e. The lowest BCUT2D eigenvalue weighted by Gasteiger charge is -2.17. The van der Waals surface area contributed by atoms with Crippen molar-refractivity contribution in [1.29, 1.82) is 5.26 Å². The summed E-state index contributed by atoms with van der Waals surface area (Å²) in [6, 6.07) is 8.12. The zero-order valence-corrected chi connectivity index (χ0v) is 12.4. The average Bonchev–Trinajstić information content (AvgIpc) is 2.40. The number of ether oxygens (including phenoxy) is 2. The molecule has 1 rings (SSSR count). The van der Waals surface area contributed by atoms with Gasteiger partial charge in [0.05, 0.1) is 19.3 Å². The van der Waals surface area contributed by atoms with Gasteiger partial charge in [-0.15, -0.1) is 0 Å². The number of hydrogen-bond donors (Lipinski definition) is 1. The Bertz CT molecular complexity index is 439. The van der Waals surface area contributed by atoms with Crippen LogP contribution in [0.25, 0.3) is 0 Å². The van der Waals surface area contributed by atoms with Gasteiger partial charge in [0, 0.05) is 12.5 Å². The summed E-state index contributed by atoms with van der Waals surface area (Å²) in [5, 5.41) is 8.52. The molecule has 110 valence electrons. The SMILES string of the molecule is CCOc1cccc(CC(C)N)c1OCCCCC#N. The Hall–Kier alpha value is -1.73. The fraction of sp³-hybridized carbons (Fsp3) is 0.562. The van der Waals surface area contributed by atoms with Crippen molar-refractivity contribution >= 4 is 0 Å². The molecule has 0 amide bonds. The molecule has 0 saturated carbocycles. The first-order valence-corrected chi connectivity index (χ1v) is 7.19. The van der Waals surface area contributed by atoms with Crippen LogP contribution in [0, 0.1) is 11.3 Å². The molecule has 0 bridgehead atoms. The third-order valence-corrected chi connectivity index (χ3v) is 2.83. The van der Waals surface area contributed by atoms with E-state index in [1.165, 1.54) is 0 Å². The molecule has 0 heterocycles. The summed E-state index contributed by atoms with van der Waals surface area (Å²) in [4.78, 5) is 0. The van der Waals surface area contributed by atoms with Crippen molar-refractivity contribution in [2.45, 2.75) is 45.6 Å². The molecular weight excluding hydrogens is 252 g/mol. The van der Waals surface area contributed by atoms with E-state index in [4.69, 9.17) is 20.5 Å². The predicted molar refractivity (Wildman–Crippen MR) is 79.9 cm³/mol. The second-order valence-corrected chi connectivity index (χ2v) is 4.82. The third kappa shape index (κ3) is 5.50. The molecule has 4 nitrogen and oxygen atoms in total. The van der Waals surface area contributed by atoms with E-state index in [1.807, 2.05) is 32.0 Å². The number of para-hydroxylation sites is 1. The molecule has 20 heavy (non-hydrogen) atoms. The molecule has 1 unspecified atom stereocenters. The molecule has 0 aliphatic heterocycles. The topological polar surface area (TPSA) is 68.3 Å². The largest absolute Gasteiger partial charge is 0.490 e. The van der Waals surface area contributed by atoms with Crippen LogP contribution in [0.1, 0.15) is 38.7 Å². The van der Waals surface area contributed by atoms with Crippen LogP contribution in [-0.2, 0) is 6.42 Å². The third-order valence-electron chi connectivity index (χ3n) is 2.83. The molecule has 4 heteroatoms. The van der Waals surface area contributed by atoms with Gasteiger partial charge >= 0.3 is 0 Å². The minimum Gasteiger partial charge on any atom is -0.490 e. The number of hydrogen-bond acceptors (Lipinski definition) is 4. The van der Waals surface area contributed by atoms with Crippen LogP contribution in [-0.4, -0.2) is 19.3 Å². The van der Waals surface area contributed by atoms with Crippen molar-refractivity contribution in [3.05, 3.63) is 23.8 Å². The summed E-state index contributed by atoms with van der Waals surface area (Å²) in [7, 11) is 0. The lowest BCUT2D eigenvalue weighted by molar-refractivity contribution is 0.269. The van der Waals surface area contributed by atoms with Crippen LogP contribution >= 0.6 is 0 Å². The van der Waals surface area contributed by atoms with Crippen molar-refractivity contribution in [3.63, 3.8) is 0 Å². The van der Waals surface area contributed by atoms with E-state index in [-0.39, 0.29) is 6.04 Å². The molecule has 0 aliphatic rings. The van der Waals surface area contributed by atoms with E-state index in [0.717, 1.165) is 36.3 Å². The lowest BCUT2D eigenvalue weighted by atomic mass is 10.1. The molecule has 0 fully saturated rings. The minimum atomic E-state index is 0.0767. The van der Waals surface area contributed by atoms with E-state index in [1.54, 1.807) is 0 Å². The maximum absolute atomic E-state index is 8.52. The number of nitrogens with zero attached hydrogens (tertiary/aromatic N) is 1. The van der Waals surface area contributed by atoms with Gasteiger partial charge in [-0.3, -0.25) is 0 Å². The molecular formula is C16H24N2O2. The molecule has 1 atom stereocenters. The Kier molecular flexibility index (Phi) is 7.52. The van der Waals surface area contributed by atoms with Crippen molar-refractivity contribution in [1.82, 2.24) is 0 Å². The first-order valence-electron chi connectivity index (χ1n) is 7.19. The first kappa shape index (κ1) is 16.3. The van der Waals surface area contributed by atoms with Gasteiger partial charge in [0.15, 0.2) is 11.5 Å². The van der Waals surface area contributed by atoms with E-state index in [9.17, 15) is 0 Å². The molecule has 0 saturated heterocycles. The summed E-state index contributed by atoms with van der Waals surface area (Å²) >= 11 is 0. The Morgan fingerprint density at radius 3 is 2.75 bits per heavy atom. The highest BCUT2D eigenvalue weighted by molar-refractivity contribution is 5.47. The van der Waals surface area contributed by atoms with Gasteiger partial charge in [0.2, 0.25) is 0 Å². The van der Waals surface area contributed by atoms with Crippen molar-refractivity contribution in [2.24, 2.45) is 5.73 Å². The fourth-order valence-electron chi connectivity index (χ4n) is 1.98. The molecule has 0 aromatic heterocycles. The normalized spacial score (nSPS) is 11.7. The van der Waals surface area contributed by atoms with Gasteiger partial charge in [-0.05, 0) is 44.7 Å². The van der Waals surface area contributed by atoms with Crippen LogP contribution in [0.3, 0.4) is 0 Å². The molecule has 0 radical (unpaired) electrons. The number of benzene rings is 1. The monoisotopic (exact) mass is 276 g/mol. The maximum atomic E-state index is 8.52. The summed E-state index contributed by atoms with van der Waals surface area (Å²) in [6.45, 7) is 5.13. The number of nitrogens with two attached hydrogens (primary N) is 1. The Morgan fingerprint density at radius 2 is 2.10 bits per heavy atom. The smallest absolute Gasteiger partial charge is 0.164 e. The Balaban J connectivity index is 2.74. The molecule has 1 aromatic rings. The number of rotatable bonds is 9. The van der Waals surface area contributed by atoms with E-state index < -0.39 is 0 Å². The number of nitriles is 1. The zero-order valence-electron chi connectivity index (χ0n) is 12.4. The van der Waals surface area contributed by atoms with Gasteiger partial charge in [-0.2, -0.15) is 5.26 Å². The highest BCUT2D eigenvalue weighted by Crippen LogP contribution is 2.32. The lowest BCUT2D eigenvalue weighted by Crippen LogP contribution is -2.18. The molecule has 2 N–H and O–H groups in total. The predicted octanol–water partition coefficient (Wildman–Crippen LogP) is 3.05. The van der Waals surface area contributed by atoms with Gasteiger partial charge in [0.25, 0.3) is 0 Å². The van der Waals surface area contributed by atoms with Crippen LogP contribution in [0.15, 0.2) is 18.2 Å².